The lowest BCUT2D eigenvalue weighted by Gasteiger charge is -2.35. The normalized spacial score (nSPS) is 19.9. The van der Waals surface area contributed by atoms with Crippen LogP contribution in [0, 0.1) is 6.92 Å². The first kappa shape index (κ1) is 19.8. The molecule has 6 heteroatoms. The number of carbonyl (C=O) groups excluding carboxylic acids is 2. The van der Waals surface area contributed by atoms with Gasteiger partial charge in [0.05, 0.1) is 6.54 Å². The second-order valence-electron chi connectivity index (χ2n) is 7.89. The van der Waals surface area contributed by atoms with E-state index in [1.165, 1.54) is 11.1 Å². The molecule has 6 nitrogen and oxygen atoms in total. The SMILES string of the molecule is CC(=O)N1CCC(NC(=O)CN2CCN(Cc3cccc(C)c3)CC2)CC1. The summed E-state index contributed by atoms with van der Waals surface area (Å²) in [7, 11) is 0. The second kappa shape index (κ2) is 9.33. The largest absolute Gasteiger partial charge is 0.352 e. The van der Waals surface area contributed by atoms with Crippen LogP contribution < -0.4 is 5.32 Å². The van der Waals surface area contributed by atoms with E-state index in [1.807, 2.05) is 4.90 Å². The molecule has 3 rings (SSSR count). The highest BCUT2D eigenvalue weighted by atomic mass is 16.2. The van der Waals surface area contributed by atoms with Gasteiger partial charge in [-0.05, 0) is 25.3 Å². The Hall–Kier alpha value is -1.92. The fourth-order valence-corrected chi connectivity index (χ4v) is 3.99. The molecule has 0 aliphatic carbocycles. The van der Waals surface area contributed by atoms with Crippen LogP contribution in [0.15, 0.2) is 24.3 Å². The molecule has 2 heterocycles. The van der Waals surface area contributed by atoms with Gasteiger partial charge in [0.2, 0.25) is 11.8 Å². The van der Waals surface area contributed by atoms with E-state index in [0.717, 1.165) is 58.7 Å². The summed E-state index contributed by atoms with van der Waals surface area (Å²) in [6, 6.07) is 8.88. The van der Waals surface area contributed by atoms with Crippen molar-refractivity contribution in [1.82, 2.24) is 20.0 Å². The summed E-state index contributed by atoms with van der Waals surface area (Å²) in [5.41, 5.74) is 2.66. The van der Waals surface area contributed by atoms with E-state index < -0.39 is 0 Å². The highest BCUT2D eigenvalue weighted by molar-refractivity contribution is 5.78. The molecule has 0 aromatic heterocycles. The summed E-state index contributed by atoms with van der Waals surface area (Å²) in [6.07, 6.45) is 1.71. The minimum absolute atomic E-state index is 0.114. The second-order valence-corrected chi connectivity index (χ2v) is 7.89. The number of amides is 2. The smallest absolute Gasteiger partial charge is 0.234 e. The summed E-state index contributed by atoms with van der Waals surface area (Å²) in [6.45, 7) is 10.6. The van der Waals surface area contributed by atoms with E-state index in [9.17, 15) is 9.59 Å². The Kier molecular flexibility index (Phi) is 6.85. The molecule has 1 N–H and O–H groups in total. The third kappa shape index (κ3) is 6.04. The topological polar surface area (TPSA) is 55.9 Å². The summed E-state index contributed by atoms with van der Waals surface area (Å²) in [5, 5.41) is 3.15. The van der Waals surface area contributed by atoms with Crippen molar-refractivity contribution in [3.8, 4) is 0 Å². The van der Waals surface area contributed by atoms with Gasteiger partial charge < -0.3 is 10.2 Å². The van der Waals surface area contributed by atoms with Crippen LogP contribution in [0.4, 0.5) is 0 Å². The predicted octanol–water partition coefficient (Wildman–Crippen LogP) is 1.24. The molecular formula is C21H32N4O2. The van der Waals surface area contributed by atoms with Crippen molar-refractivity contribution in [2.75, 3.05) is 45.8 Å². The molecule has 0 spiro atoms. The average Bonchev–Trinajstić information content (AvgIpc) is 2.64. The van der Waals surface area contributed by atoms with Crippen molar-refractivity contribution in [1.29, 1.82) is 0 Å². The molecule has 1 aromatic rings. The lowest BCUT2D eigenvalue weighted by Crippen LogP contribution is -2.51. The maximum atomic E-state index is 12.4. The highest BCUT2D eigenvalue weighted by Gasteiger charge is 2.24. The average molecular weight is 373 g/mol. The Bertz CT molecular complexity index is 647. The number of hydrogen-bond acceptors (Lipinski definition) is 4. The zero-order valence-electron chi connectivity index (χ0n) is 16.6. The van der Waals surface area contributed by atoms with E-state index in [0.29, 0.717) is 6.54 Å². The first-order valence-corrected chi connectivity index (χ1v) is 10.0. The number of hydrogen-bond donors (Lipinski definition) is 1. The zero-order chi connectivity index (χ0) is 19.2. The fourth-order valence-electron chi connectivity index (χ4n) is 3.99. The molecule has 1 aromatic carbocycles. The number of rotatable bonds is 5. The Morgan fingerprint density at radius 3 is 2.33 bits per heavy atom. The third-order valence-electron chi connectivity index (χ3n) is 5.63. The quantitative estimate of drug-likeness (QED) is 0.845. The molecule has 2 fully saturated rings. The number of nitrogens with zero attached hydrogens (tertiary/aromatic N) is 3. The van der Waals surface area contributed by atoms with Crippen molar-refractivity contribution in [2.24, 2.45) is 0 Å². The van der Waals surface area contributed by atoms with E-state index in [1.54, 1.807) is 6.92 Å². The van der Waals surface area contributed by atoms with Gasteiger partial charge in [-0.3, -0.25) is 19.4 Å². The summed E-state index contributed by atoms with van der Waals surface area (Å²) in [4.78, 5) is 30.3. The van der Waals surface area contributed by atoms with Gasteiger partial charge in [0, 0.05) is 58.8 Å². The summed E-state index contributed by atoms with van der Waals surface area (Å²) < 4.78 is 0. The van der Waals surface area contributed by atoms with E-state index >= 15 is 0 Å². The molecule has 2 saturated heterocycles. The zero-order valence-corrected chi connectivity index (χ0v) is 16.6. The first-order chi connectivity index (χ1) is 13.0. The van der Waals surface area contributed by atoms with Crippen LogP contribution in [0.1, 0.15) is 30.9 Å². The van der Waals surface area contributed by atoms with Crippen LogP contribution in [0.5, 0.6) is 0 Å². The van der Waals surface area contributed by atoms with Crippen LogP contribution in [-0.2, 0) is 16.1 Å². The summed E-state index contributed by atoms with van der Waals surface area (Å²) in [5.74, 6) is 0.242. The van der Waals surface area contributed by atoms with Gasteiger partial charge in [0.15, 0.2) is 0 Å². The standard InChI is InChI=1S/C21H32N4O2/c1-17-4-3-5-19(14-17)15-23-10-12-24(13-11-23)16-21(27)22-20-6-8-25(9-7-20)18(2)26/h3-5,14,20H,6-13,15-16H2,1-2H3,(H,22,27). The molecule has 2 aliphatic rings. The minimum atomic E-state index is 0.114. The number of carbonyl (C=O) groups is 2. The number of piperidine rings is 1. The van der Waals surface area contributed by atoms with E-state index in [4.69, 9.17) is 0 Å². The molecule has 2 aliphatic heterocycles. The van der Waals surface area contributed by atoms with Crippen LogP contribution >= 0.6 is 0 Å². The van der Waals surface area contributed by atoms with Crippen LogP contribution in [0.25, 0.3) is 0 Å². The number of benzene rings is 1. The van der Waals surface area contributed by atoms with Gasteiger partial charge in [-0.1, -0.05) is 29.8 Å². The van der Waals surface area contributed by atoms with Crippen LogP contribution in [-0.4, -0.2) is 78.4 Å². The first-order valence-electron chi connectivity index (χ1n) is 10.0. The monoisotopic (exact) mass is 372 g/mol. The van der Waals surface area contributed by atoms with E-state index in [2.05, 4.69) is 46.3 Å². The lowest BCUT2D eigenvalue weighted by atomic mass is 10.1. The number of aryl methyl sites for hydroxylation is 1. The van der Waals surface area contributed by atoms with E-state index in [-0.39, 0.29) is 17.9 Å². The Balaban J connectivity index is 1.35. The Morgan fingerprint density at radius 1 is 1.04 bits per heavy atom. The third-order valence-corrected chi connectivity index (χ3v) is 5.63. The van der Waals surface area contributed by atoms with Gasteiger partial charge >= 0.3 is 0 Å². The number of piperazine rings is 1. The van der Waals surface area contributed by atoms with Crippen LogP contribution in [0.2, 0.25) is 0 Å². The maximum absolute atomic E-state index is 12.4. The number of nitrogens with one attached hydrogen (secondary N) is 1. The molecule has 0 bridgehead atoms. The van der Waals surface area contributed by atoms with Gasteiger partial charge in [-0.15, -0.1) is 0 Å². The van der Waals surface area contributed by atoms with Crippen molar-refractivity contribution < 1.29 is 9.59 Å². The molecule has 0 unspecified atom stereocenters. The van der Waals surface area contributed by atoms with Crippen molar-refractivity contribution in [3.05, 3.63) is 35.4 Å². The minimum Gasteiger partial charge on any atom is -0.352 e. The molecule has 0 radical (unpaired) electrons. The molecule has 27 heavy (non-hydrogen) atoms. The van der Waals surface area contributed by atoms with Gasteiger partial charge in [0.25, 0.3) is 0 Å². The van der Waals surface area contributed by atoms with Gasteiger partial charge in [-0.2, -0.15) is 0 Å². The van der Waals surface area contributed by atoms with Crippen molar-refractivity contribution >= 4 is 11.8 Å². The predicted molar refractivity (Wildman–Crippen MR) is 106 cm³/mol. The Labute approximate surface area is 162 Å². The van der Waals surface area contributed by atoms with Crippen molar-refractivity contribution in [3.63, 3.8) is 0 Å². The summed E-state index contributed by atoms with van der Waals surface area (Å²) >= 11 is 0. The van der Waals surface area contributed by atoms with Gasteiger partial charge in [-0.25, -0.2) is 0 Å². The fraction of sp³-hybridized carbons (Fsp3) is 0.619. The Morgan fingerprint density at radius 2 is 1.70 bits per heavy atom. The molecule has 0 saturated carbocycles. The maximum Gasteiger partial charge on any atom is 0.234 e. The van der Waals surface area contributed by atoms with Crippen molar-refractivity contribution in [2.45, 2.75) is 39.3 Å². The lowest BCUT2D eigenvalue weighted by molar-refractivity contribution is -0.130. The molecule has 2 amide bonds. The van der Waals surface area contributed by atoms with Gasteiger partial charge in [0.1, 0.15) is 0 Å². The van der Waals surface area contributed by atoms with Crippen LogP contribution in [0.3, 0.4) is 0 Å². The molecule has 148 valence electrons. The molecular weight excluding hydrogens is 340 g/mol. The molecule has 0 atom stereocenters. The highest BCUT2D eigenvalue weighted by Crippen LogP contribution is 2.12. The number of likely N-dealkylation sites (tertiary alicyclic amines) is 1.